The molecule has 0 saturated carbocycles. The summed E-state index contributed by atoms with van der Waals surface area (Å²) < 4.78 is 0. The Morgan fingerprint density at radius 3 is 2.55 bits per heavy atom. The van der Waals surface area contributed by atoms with E-state index in [0.717, 1.165) is 10.4 Å². The predicted octanol–water partition coefficient (Wildman–Crippen LogP) is 3.53. The second-order valence-electron chi connectivity index (χ2n) is 4.68. The van der Waals surface area contributed by atoms with Gasteiger partial charge in [-0.05, 0) is 49.8 Å². The smallest absolute Gasteiger partial charge is 0.244 e. The maximum absolute atomic E-state index is 11.9. The van der Waals surface area contributed by atoms with Crippen LogP contribution in [-0.4, -0.2) is 5.91 Å². The van der Waals surface area contributed by atoms with Crippen LogP contribution in [0, 0.1) is 6.92 Å². The summed E-state index contributed by atoms with van der Waals surface area (Å²) in [4.78, 5) is 14.3. The summed E-state index contributed by atoms with van der Waals surface area (Å²) >= 11 is 1.70. The van der Waals surface area contributed by atoms with Gasteiger partial charge in [0.2, 0.25) is 5.91 Å². The highest BCUT2D eigenvalue weighted by molar-refractivity contribution is 7.12. The fraction of sp³-hybridized carbons (Fsp3) is 0.188. The van der Waals surface area contributed by atoms with Crippen molar-refractivity contribution >= 4 is 29.0 Å². The fourth-order valence-electron chi connectivity index (χ4n) is 1.80. The number of anilines is 1. The van der Waals surface area contributed by atoms with Gasteiger partial charge in [-0.25, -0.2) is 0 Å². The van der Waals surface area contributed by atoms with Crippen molar-refractivity contribution in [2.45, 2.75) is 19.9 Å². The monoisotopic (exact) mass is 286 g/mol. The molecule has 0 aliphatic heterocycles. The first-order chi connectivity index (χ1) is 9.54. The highest BCUT2D eigenvalue weighted by Crippen LogP contribution is 2.22. The van der Waals surface area contributed by atoms with E-state index in [1.54, 1.807) is 23.5 Å². The zero-order chi connectivity index (χ0) is 14.5. The van der Waals surface area contributed by atoms with Crippen LogP contribution < -0.4 is 11.1 Å². The number of nitrogens with two attached hydrogens (primary N) is 1. The van der Waals surface area contributed by atoms with Crippen LogP contribution in [0.25, 0.3) is 6.08 Å². The van der Waals surface area contributed by atoms with Gasteiger partial charge in [0.15, 0.2) is 0 Å². The quantitative estimate of drug-likeness (QED) is 0.667. The van der Waals surface area contributed by atoms with Crippen molar-refractivity contribution < 1.29 is 4.79 Å². The van der Waals surface area contributed by atoms with Crippen molar-refractivity contribution in [3.8, 4) is 0 Å². The molecule has 104 valence electrons. The van der Waals surface area contributed by atoms with Crippen molar-refractivity contribution in [3.63, 3.8) is 0 Å². The number of amides is 1. The molecule has 0 saturated heterocycles. The molecule has 0 aliphatic carbocycles. The molecule has 1 heterocycles. The average molecular weight is 286 g/mol. The Balaban J connectivity index is 1.93. The standard InChI is InChI=1S/C16H18N2OS/c1-11-3-9-15(20-11)12(2)18-16(19)10-6-13-4-7-14(17)8-5-13/h3-10,12H,17H2,1-2H3,(H,18,19)/b10-6+. The van der Waals surface area contributed by atoms with Crippen molar-refractivity contribution in [1.82, 2.24) is 5.32 Å². The van der Waals surface area contributed by atoms with Crippen LogP contribution in [0.4, 0.5) is 5.69 Å². The first kappa shape index (κ1) is 14.3. The van der Waals surface area contributed by atoms with E-state index in [2.05, 4.69) is 24.4 Å². The molecule has 1 aromatic carbocycles. The summed E-state index contributed by atoms with van der Waals surface area (Å²) in [7, 11) is 0. The Kier molecular flexibility index (Phi) is 4.58. The van der Waals surface area contributed by atoms with Gasteiger partial charge in [-0.3, -0.25) is 4.79 Å². The minimum absolute atomic E-state index is 0.0252. The third kappa shape index (κ3) is 3.96. The molecule has 0 fully saturated rings. The van der Waals surface area contributed by atoms with Crippen LogP contribution in [0.3, 0.4) is 0 Å². The molecule has 3 nitrogen and oxygen atoms in total. The molecule has 1 unspecified atom stereocenters. The molecule has 0 spiro atoms. The molecule has 20 heavy (non-hydrogen) atoms. The number of thiophene rings is 1. The summed E-state index contributed by atoms with van der Waals surface area (Å²) in [6.07, 6.45) is 3.32. The van der Waals surface area contributed by atoms with Gasteiger partial charge in [-0.2, -0.15) is 0 Å². The van der Waals surface area contributed by atoms with Crippen LogP contribution >= 0.6 is 11.3 Å². The van der Waals surface area contributed by atoms with Gasteiger partial charge in [0.25, 0.3) is 0 Å². The van der Waals surface area contributed by atoms with Gasteiger partial charge in [0.1, 0.15) is 0 Å². The van der Waals surface area contributed by atoms with E-state index in [4.69, 9.17) is 5.73 Å². The Hall–Kier alpha value is -2.07. The minimum atomic E-state index is -0.0969. The van der Waals surface area contributed by atoms with Crippen LogP contribution in [0.2, 0.25) is 0 Å². The molecule has 2 rings (SSSR count). The second-order valence-corrected chi connectivity index (χ2v) is 6.00. The lowest BCUT2D eigenvalue weighted by atomic mass is 10.2. The molecule has 0 radical (unpaired) electrons. The van der Waals surface area contributed by atoms with E-state index in [-0.39, 0.29) is 11.9 Å². The summed E-state index contributed by atoms with van der Waals surface area (Å²) in [5.74, 6) is -0.0969. The molecule has 1 aromatic heterocycles. The number of carbonyl (C=O) groups excluding carboxylic acids is 1. The number of nitrogens with one attached hydrogen (secondary N) is 1. The number of benzene rings is 1. The highest BCUT2D eigenvalue weighted by Gasteiger charge is 2.09. The SMILES string of the molecule is Cc1ccc(C(C)NC(=O)/C=C/c2ccc(N)cc2)s1. The third-order valence-electron chi connectivity index (χ3n) is 2.91. The molecular weight excluding hydrogens is 268 g/mol. The van der Waals surface area contributed by atoms with Gasteiger partial charge in [-0.15, -0.1) is 11.3 Å². The maximum Gasteiger partial charge on any atom is 0.244 e. The van der Waals surface area contributed by atoms with E-state index in [1.807, 2.05) is 31.2 Å². The molecule has 3 N–H and O–H groups in total. The Labute approximate surface area is 123 Å². The van der Waals surface area contributed by atoms with Crippen LogP contribution in [0.5, 0.6) is 0 Å². The van der Waals surface area contributed by atoms with E-state index in [0.29, 0.717) is 5.69 Å². The molecule has 1 atom stereocenters. The summed E-state index contributed by atoms with van der Waals surface area (Å²) in [6.45, 7) is 4.05. The number of rotatable bonds is 4. The molecule has 2 aromatic rings. The van der Waals surface area contributed by atoms with E-state index in [9.17, 15) is 4.79 Å². The maximum atomic E-state index is 11.9. The van der Waals surface area contributed by atoms with Crippen molar-refractivity contribution in [1.29, 1.82) is 0 Å². The first-order valence-corrected chi connectivity index (χ1v) is 7.26. The molecule has 1 amide bonds. The molecule has 4 heteroatoms. The van der Waals surface area contributed by atoms with Gasteiger partial charge >= 0.3 is 0 Å². The summed E-state index contributed by atoms with van der Waals surface area (Å²) in [6, 6.07) is 11.5. The van der Waals surface area contributed by atoms with Crippen molar-refractivity contribution in [2.75, 3.05) is 5.73 Å². The van der Waals surface area contributed by atoms with Crippen molar-refractivity contribution in [3.05, 3.63) is 57.8 Å². The second kappa shape index (κ2) is 6.39. The zero-order valence-electron chi connectivity index (χ0n) is 11.6. The minimum Gasteiger partial charge on any atom is -0.399 e. The zero-order valence-corrected chi connectivity index (χ0v) is 12.4. The topological polar surface area (TPSA) is 55.1 Å². The van der Waals surface area contributed by atoms with E-state index in [1.165, 1.54) is 4.88 Å². The lowest BCUT2D eigenvalue weighted by Gasteiger charge is -2.10. The van der Waals surface area contributed by atoms with Gasteiger partial charge in [0, 0.05) is 21.5 Å². The van der Waals surface area contributed by atoms with Crippen LogP contribution in [0.1, 0.15) is 28.3 Å². The Morgan fingerprint density at radius 2 is 1.95 bits per heavy atom. The van der Waals surface area contributed by atoms with E-state index >= 15 is 0 Å². The van der Waals surface area contributed by atoms with Gasteiger partial charge in [0.05, 0.1) is 6.04 Å². The normalized spacial score (nSPS) is 12.5. The average Bonchev–Trinajstić information content (AvgIpc) is 2.85. The summed E-state index contributed by atoms with van der Waals surface area (Å²) in [5, 5.41) is 2.95. The fourth-order valence-corrected chi connectivity index (χ4v) is 2.68. The van der Waals surface area contributed by atoms with Gasteiger partial charge in [-0.1, -0.05) is 12.1 Å². The van der Waals surface area contributed by atoms with Crippen molar-refractivity contribution in [2.24, 2.45) is 0 Å². The lowest BCUT2D eigenvalue weighted by molar-refractivity contribution is -0.117. The molecule has 0 bridgehead atoms. The number of nitrogen functional groups attached to an aromatic ring is 1. The number of carbonyl (C=O) groups is 1. The highest BCUT2D eigenvalue weighted by atomic mass is 32.1. The first-order valence-electron chi connectivity index (χ1n) is 6.45. The van der Waals surface area contributed by atoms with Crippen LogP contribution in [-0.2, 0) is 4.79 Å². The molecule has 0 aliphatic rings. The summed E-state index contributed by atoms with van der Waals surface area (Å²) in [5.41, 5.74) is 7.28. The lowest BCUT2D eigenvalue weighted by Crippen LogP contribution is -2.23. The Morgan fingerprint density at radius 1 is 1.25 bits per heavy atom. The predicted molar refractivity (Wildman–Crippen MR) is 85.5 cm³/mol. The third-order valence-corrected chi connectivity index (χ3v) is 4.09. The largest absolute Gasteiger partial charge is 0.399 e. The van der Waals surface area contributed by atoms with Gasteiger partial charge < -0.3 is 11.1 Å². The number of hydrogen-bond donors (Lipinski definition) is 2. The number of aryl methyl sites for hydroxylation is 1. The Bertz CT molecular complexity index is 614. The van der Waals surface area contributed by atoms with E-state index < -0.39 is 0 Å². The van der Waals surface area contributed by atoms with Crippen LogP contribution in [0.15, 0.2) is 42.5 Å². The number of hydrogen-bond acceptors (Lipinski definition) is 3. The molecular formula is C16H18N2OS.